The molecule has 0 spiro atoms. The molecule has 1 heterocycles. The van der Waals surface area contributed by atoms with Gasteiger partial charge in [-0.05, 0) is 32.2 Å². The molecule has 6 heteroatoms. The zero-order valence-corrected chi connectivity index (χ0v) is 11.2. The Hall–Kier alpha value is -1.17. The molecule has 0 radical (unpaired) electrons. The van der Waals surface area contributed by atoms with E-state index in [0.29, 0.717) is 6.54 Å². The number of thiazole rings is 1. The van der Waals surface area contributed by atoms with Gasteiger partial charge in [-0.1, -0.05) is 0 Å². The molecule has 0 fully saturated rings. The SMILES string of the molecule is CNCC(=O)Nc1ccc2nc(C)sc2c1.Cl. The van der Waals surface area contributed by atoms with Crippen LogP contribution in [-0.2, 0) is 4.79 Å². The van der Waals surface area contributed by atoms with Crippen LogP contribution in [0.5, 0.6) is 0 Å². The van der Waals surface area contributed by atoms with Crippen molar-refractivity contribution >= 4 is 45.6 Å². The van der Waals surface area contributed by atoms with E-state index in [1.54, 1.807) is 18.4 Å². The van der Waals surface area contributed by atoms with Crippen molar-refractivity contribution in [3.8, 4) is 0 Å². The van der Waals surface area contributed by atoms with Crippen molar-refractivity contribution in [1.82, 2.24) is 10.3 Å². The van der Waals surface area contributed by atoms with E-state index in [-0.39, 0.29) is 18.3 Å². The summed E-state index contributed by atoms with van der Waals surface area (Å²) in [5, 5.41) is 6.66. The summed E-state index contributed by atoms with van der Waals surface area (Å²) in [5.41, 5.74) is 1.80. The third-order valence-electron chi connectivity index (χ3n) is 2.12. The Labute approximate surface area is 110 Å². The van der Waals surface area contributed by atoms with Gasteiger partial charge in [0.15, 0.2) is 0 Å². The summed E-state index contributed by atoms with van der Waals surface area (Å²) in [4.78, 5) is 15.7. The van der Waals surface area contributed by atoms with Gasteiger partial charge in [-0.3, -0.25) is 4.79 Å². The van der Waals surface area contributed by atoms with Crippen molar-refractivity contribution in [1.29, 1.82) is 0 Å². The molecule has 2 rings (SSSR count). The van der Waals surface area contributed by atoms with Crippen molar-refractivity contribution in [2.24, 2.45) is 0 Å². The van der Waals surface area contributed by atoms with E-state index in [1.807, 2.05) is 25.1 Å². The molecule has 1 amide bonds. The summed E-state index contributed by atoms with van der Waals surface area (Å²) in [6.45, 7) is 2.30. The average molecular weight is 272 g/mol. The zero-order chi connectivity index (χ0) is 11.5. The van der Waals surface area contributed by atoms with E-state index in [2.05, 4.69) is 15.6 Å². The molecule has 0 unspecified atom stereocenters. The summed E-state index contributed by atoms with van der Waals surface area (Å²) < 4.78 is 1.10. The smallest absolute Gasteiger partial charge is 0.238 e. The highest BCUT2D eigenvalue weighted by Gasteiger charge is 2.04. The van der Waals surface area contributed by atoms with Gasteiger partial charge in [0.2, 0.25) is 5.91 Å². The summed E-state index contributed by atoms with van der Waals surface area (Å²) in [5.74, 6) is -0.0388. The average Bonchev–Trinajstić information content (AvgIpc) is 2.57. The number of likely N-dealkylation sites (N-methyl/N-ethyl adjacent to an activating group) is 1. The van der Waals surface area contributed by atoms with E-state index >= 15 is 0 Å². The van der Waals surface area contributed by atoms with E-state index in [0.717, 1.165) is 20.9 Å². The van der Waals surface area contributed by atoms with Crippen molar-refractivity contribution in [2.75, 3.05) is 18.9 Å². The molecule has 0 atom stereocenters. The number of rotatable bonds is 3. The first-order valence-electron chi connectivity index (χ1n) is 5.00. The van der Waals surface area contributed by atoms with Crippen LogP contribution in [0.15, 0.2) is 18.2 Å². The van der Waals surface area contributed by atoms with Crippen LogP contribution in [0.3, 0.4) is 0 Å². The highest BCUT2D eigenvalue weighted by molar-refractivity contribution is 7.18. The molecule has 2 aromatic rings. The fourth-order valence-electron chi connectivity index (χ4n) is 1.48. The van der Waals surface area contributed by atoms with Gasteiger partial charge in [0.25, 0.3) is 0 Å². The maximum Gasteiger partial charge on any atom is 0.238 e. The van der Waals surface area contributed by atoms with Crippen molar-refractivity contribution in [3.05, 3.63) is 23.2 Å². The maximum absolute atomic E-state index is 11.4. The molecule has 0 saturated heterocycles. The molecule has 0 saturated carbocycles. The number of nitrogens with one attached hydrogen (secondary N) is 2. The lowest BCUT2D eigenvalue weighted by atomic mass is 10.3. The lowest BCUT2D eigenvalue weighted by Gasteiger charge is -2.03. The highest BCUT2D eigenvalue weighted by Crippen LogP contribution is 2.24. The number of amides is 1. The fourth-order valence-corrected chi connectivity index (χ4v) is 2.35. The van der Waals surface area contributed by atoms with Crippen molar-refractivity contribution < 1.29 is 4.79 Å². The van der Waals surface area contributed by atoms with Gasteiger partial charge in [-0.15, -0.1) is 23.7 Å². The second kappa shape index (κ2) is 5.95. The maximum atomic E-state index is 11.4. The quantitative estimate of drug-likeness (QED) is 0.900. The number of aromatic nitrogens is 1. The normalized spacial score (nSPS) is 10.0. The van der Waals surface area contributed by atoms with Gasteiger partial charge < -0.3 is 10.6 Å². The Bertz CT molecular complexity index is 526. The Kier molecular flexibility index (Phi) is 4.86. The molecular formula is C11H14ClN3OS. The van der Waals surface area contributed by atoms with Gasteiger partial charge >= 0.3 is 0 Å². The molecule has 17 heavy (non-hydrogen) atoms. The van der Waals surface area contributed by atoms with Gasteiger partial charge in [-0.2, -0.15) is 0 Å². The first-order chi connectivity index (χ1) is 7.69. The molecule has 0 aliphatic carbocycles. The molecule has 0 aliphatic heterocycles. The molecule has 0 aliphatic rings. The van der Waals surface area contributed by atoms with Crippen LogP contribution >= 0.6 is 23.7 Å². The van der Waals surface area contributed by atoms with E-state index < -0.39 is 0 Å². The third-order valence-corrected chi connectivity index (χ3v) is 3.05. The first-order valence-corrected chi connectivity index (χ1v) is 5.82. The van der Waals surface area contributed by atoms with Crippen LogP contribution < -0.4 is 10.6 Å². The lowest BCUT2D eigenvalue weighted by molar-refractivity contribution is -0.115. The predicted molar refractivity (Wildman–Crippen MR) is 74.2 cm³/mol. The standard InChI is InChI=1S/C11H13N3OS.ClH/c1-7-13-9-4-3-8(5-10(9)16-7)14-11(15)6-12-2;/h3-5,12H,6H2,1-2H3,(H,14,15);1H. The Balaban J connectivity index is 0.00000144. The number of carbonyl (C=O) groups is 1. The third kappa shape index (κ3) is 3.39. The predicted octanol–water partition coefficient (Wildman–Crippen LogP) is 2.18. The second-order valence-corrected chi connectivity index (χ2v) is 4.73. The van der Waals surface area contributed by atoms with Crippen LogP contribution in [-0.4, -0.2) is 24.5 Å². The van der Waals surface area contributed by atoms with Gasteiger partial charge in [-0.25, -0.2) is 4.98 Å². The molecule has 0 bridgehead atoms. The van der Waals surface area contributed by atoms with Gasteiger partial charge in [0.1, 0.15) is 0 Å². The Morgan fingerprint density at radius 1 is 1.47 bits per heavy atom. The molecule has 4 nitrogen and oxygen atoms in total. The number of fused-ring (bicyclic) bond motifs is 1. The minimum atomic E-state index is -0.0388. The first kappa shape index (κ1) is 13.9. The number of anilines is 1. The van der Waals surface area contributed by atoms with Crippen LogP contribution in [0, 0.1) is 6.92 Å². The minimum absolute atomic E-state index is 0. The van der Waals surface area contributed by atoms with Gasteiger partial charge in [0, 0.05) is 5.69 Å². The lowest BCUT2D eigenvalue weighted by Crippen LogP contribution is -2.24. The van der Waals surface area contributed by atoms with Crippen LogP contribution in [0.4, 0.5) is 5.69 Å². The number of hydrogen-bond donors (Lipinski definition) is 2. The molecule has 1 aromatic carbocycles. The van der Waals surface area contributed by atoms with E-state index in [4.69, 9.17) is 0 Å². The Morgan fingerprint density at radius 2 is 2.24 bits per heavy atom. The van der Waals surface area contributed by atoms with Crippen molar-refractivity contribution in [2.45, 2.75) is 6.92 Å². The Morgan fingerprint density at radius 3 is 2.94 bits per heavy atom. The van der Waals surface area contributed by atoms with E-state index in [1.165, 1.54) is 0 Å². The second-order valence-electron chi connectivity index (χ2n) is 3.49. The number of nitrogens with zero attached hydrogens (tertiary/aromatic N) is 1. The van der Waals surface area contributed by atoms with Crippen molar-refractivity contribution in [3.63, 3.8) is 0 Å². The summed E-state index contributed by atoms with van der Waals surface area (Å²) in [6.07, 6.45) is 0. The minimum Gasteiger partial charge on any atom is -0.325 e. The summed E-state index contributed by atoms with van der Waals surface area (Å²) in [6, 6.07) is 5.75. The number of carbonyl (C=O) groups excluding carboxylic acids is 1. The number of aryl methyl sites for hydroxylation is 1. The van der Waals surface area contributed by atoms with E-state index in [9.17, 15) is 4.79 Å². The topological polar surface area (TPSA) is 54.0 Å². The highest BCUT2D eigenvalue weighted by atomic mass is 35.5. The molecular weight excluding hydrogens is 258 g/mol. The largest absolute Gasteiger partial charge is 0.325 e. The van der Waals surface area contributed by atoms with Crippen LogP contribution in [0.2, 0.25) is 0 Å². The molecule has 2 N–H and O–H groups in total. The molecule has 92 valence electrons. The fraction of sp³-hybridized carbons (Fsp3) is 0.273. The van der Waals surface area contributed by atoms with Gasteiger partial charge in [0.05, 0.1) is 21.8 Å². The number of hydrogen-bond acceptors (Lipinski definition) is 4. The van der Waals surface area contributed by atoms with Crippen LogP contribution in [0.1, 0.15) is 5.01 Å². The molecule has 1 aromatic heterocycles. The number of halogens is 1. The van der Waals surface area contributed by atoms with Crippen LogP contribution in [0.25, 0.3) is 10.2 Å². The number of benzene rings is 1. The zero-order valence-electron chi connectivity index (χ0n) is 9.61. The summed E-state index contributed by atoms with van der Waals surface area (Å²) in [7, 11) is 1.75. The summed E-state index contributed by atoms with van der Waals surface area (Å²) >= 11 is 1.63. The monoisotopic (exact) mass is 271 g/mol.